The van der Waals surface area contributed by atoms with Crippen molar-refractivity contribution in [3.05, 3.63) is 51.0 Å². The number of amides is 1. The SMILES string of the molecule is CCOC(=O)c1ccc2c(c1)nc(SCC(=O)Nc1c(Cl)cc(Cl)cc1Cl)n2CC. The van der Waals surface area contributed by atoms with Crippen molar-refractivity contribution in [3.63, 3.8) is 0 Å². The first-order valence-electron chi connectivity index (χ1n) is 9.08. The number of aromatic nitrogens is 2. The maximum atomic E-state index is 12.4. The van der Waals surface area contributed by atoms with Gasteiger partial charge in [-0.25, -0.2) is 9.78 Å². The van der Waals surface area contributed by atoms with Crippen LogP contribution < -0.4 is 5.32 Å². The van der Waals surface area contributed by atoms with Gasteiger partial charge in [-0.2, -0.15) is 0 Å². The van der Waals surface area contributed by atoms with Crippen LogP contribution in [0.25, 0.3) is 11.0 Å². The molecular formula is C20H18Cl3N3O3S. The number of aryl methyl sites for hydroxylation is 1. The lowest BCUT2D eigenvalue weighted by Gasteiger charge is -2.10. The highest BCUT2D eigenvalue weighted by atomic mass is 35.5. The molecular weight excluding hydrogens is 469 g/mol. The average molecular weight is 487 g/mol. The van der Waals surface area contributed by atoms with Gasteiger partial charge in [0.25, 0.3) is 0 Å². The van der Waals surface area contributed by atoms with Crippen LogP contribution in [0.4, 0.5) is 5.69 Å². The van der Waals surface area contributed by atoms with Crippen LogP contribution in [0.2, 0.25) is 15.1 Å². The second-order valence-electron chi connectivity index (χ2n) is 6.14. The van der Waals surface area contributed by atoms with Gasteiger partial charge in [0.05, 0.1) is 44.7 Å². The molecule has 0 aliphatic rings. The minimum atomic E-state index is -0.393. The maximum absolute atomic E-state index is 12.4. The molecule has 1 aromatic heterocycles. The van der Waals surface area contributed by atoms with E-state index in [-0.39, 0.29) is 21.7 Å². The monoisotopic (exact) mass is 485 g/mol. The number of anilines is 1. The number of benzene rings is 2. The molecule has 0 spiro atoms. The number of hydrogen-bond donors (Lipinski definition) is 1. The zero-order chi connectivity index (χ0) is 21.8. The van der Waals surface area contributed by atoms with E-state index in [1.165, 1.54) is 23.9 Å². The number of esters is 1. The van der Waals surface area contributed by atoms with Crippen LogP contribution in [-0.4, -0.2) is 33.8 Å². The van der Waals surface area contributed by atoms with Gasteiger partial charge < -0.3 is 14.6 Å². The first-order valence-corrected chi connectivity index (χ1v) is 11.2. The Kier molecular flexibility index (Phi) is 7.52. The van der Waals surface area contributed by atoms with E-state index in [0.29, 0.717) is 40.1 Å². The summed E-state index contributed by atoms with van der Waals surface area (Å²) in [5.41, 5.74) is 2.29. The Morgan fingerprint density at radius 2 is 1.83 bits per heavy atom. The number of halogens is 3. The number of thioether (sulfide) groups is 1. The Balaban J connectivity index is 1.77. The van der Waals surface area contributed by atoms with Gasteiger partial charge in [-0.1, -0.05) is 46.6 Å². The Hall–Kier alpha value is -1.93. The predicted molar refractivity (Wildman–Crippen MR) is 122 cm³/mol. The summed E-state index contributed by atoms with van der Waals surface area (Å²) < 4.78 is 7.02. The van der Waals surface area contributed by atoms with E-state index in [1.807, 2.05) is 17.6 Å². The third kappa shape index (κ3) is 5.03. The van der Waals surface area contributed by atoms with Crippen LogP contribution in [0, 0.1) is 0 Å². The summed E-state index contributed by atoms with van der Waals surface area (Å²) >= 11 is 19.4. The molecule has 0 bridgehead atoms. The maximum Gasteiger partial charge on any atom is 0.338 e. The Labute approximate surface area is 192 Å². The number of fused-ring (bicyclic) bond motifs is 1. The van der Waals surface area contributed by atoms with E-state index in [1.54, 1.807) is 19.1 Å². The Bertz CT molecular complexity index is 1090. The largest absolute Gasteiger partial charge is 0.462 e. The second-order valence-corrected chi connectivity index (χ2v) is 8.34. The third-order valence-electron chi connectivity index (χ3n) is 4.14. The third-order valence-corrected chi connectivity index (χ3v) is 5.94. The van der Waals surface area contributed by atoms with Gasteiger partial charge >= 0.3 is 5.97 Å². The van der Waals surface area contributed by atoms with Crippen LogP contribution in [0.15, 0.2) is 35.5 Å². The fourth-order valence-electron chi connectivity index (χ4n) is 2.83. The standard InChI is InChI=1S/C20H18Cl3N3O3S/c1-3-26-16-6-5-11(19(28)29-4-2)7-15(16)24-20(26)30-10-17(27)25-18-13(22)8-12(21)9-14(18)23/h5-9H,3-4,10H2,1-2H3,(H,25,27). The molecule has 1 N–H and O–H groups in total. The fourth-order valence-corrected chi connectivity index (χ4v) is 4.62. The summed E-state index contributed by atoms with van der Waals surface area (Å²) in [5.74, 6) is -0.577. The molecule has 158 valence electrons. The lowest BCUT2D eigenvalue weighted by atomic mass is 10.2. The summed E-state index contributed by atoms with van der Waals surface area (Å²) in [6, 6.07) is 8.25. The molecule has 1 heterocycles. The van der Waals surface area contributed by atoms with E-state index in [4.69, 9.17) is 39.5 Å². The van der Waals surface area contributed by atoms with Crippen LogP contribution in [0.1, 0.15) is 24.2 Å². The molecule has 3 aromatic rings. The molecule has 10 heteroatoms. The van der Waals surface area contributed by atoms with Gasteiger partial charge in [0.15, 0.2) is 5.16 Å². The van der Waals surface area contributed by atoms with Crippen molar-refractivity contribution in [1.82, 2.24) is 9.55 Å². The predicted octanol–water partition coefficient (Wildman–Crippen LogP) is 5.92. The molecule has 0 unspecified atom stereocenters. The first-order chi connectivity index (χ1) is 14.3. The topological polar surface area (TPSA) is 73.2 Å². The lowest BCUT2D eigenvalue weighted by molar-refractivity contribution is -0.113. The van der Waals surface area contributed by atoms with Gasteiger partial charge in [0.2, 0.25) is 5.91 Å². The minimum Gasteiger partial charge on any atom is -0.462 e. The van der Waals surface area contributed by atoms with Gasteiger partial charge in [-0.05, 0) is 44.2 Å². The van der Waals surface area contributed by atoms with Crippen LogP contribution in [0.5, 0.6) is 0 Å². The van der Waals surface area contributed by atoms with Crippen molar-refractivity contribution in [3.8, 4) is 0 Å². The van der Waals surface area contributed by atoms with E-state index in [0.717, 1.165) is 5.52 Å². The number of ether oxygens (including phenoxy) is 1. The highest BCUT2D eigenvalue weighted by Crippen LogP contribution is 2.34. The molecule has 0 saturated heterocycles. The molecule has 0 aliphatic heterocycles. The Morgan fingerprint density at radius 3 is 2.47 bits per heavy atom. The van der Waals surface area contributed by atoms with Gasteiger partial charge in [0, 0.05) is 11.6 Å². The van der Waals surface area contributed by atoms with Crippen molar-refractivity contribution in [2.24, 2.45) is 0 Å². The molecule has 30 heavy (non-hydrogen) atoms. The number of nitrogens with one attached hydrogen (secondary N) is 1. The summed E-state index contributed by atoms with van der Waals surface area (Å²) in [7, 11) is 0. The quantitative estimate of drug-likeness (QED) is 0.331. The van der Waals surface area contributed by atoms with Crippen LogP contribution in [-0.2, 0) is 16.1 Å². The second kappa shape index (κ2) is 9.92. The van der Waals surface area contributed by atoms with Crippen molar-refractivity contribution in [2.45, 2.75) is 25.5 Å². The zero-order valence-corrected chi connectivity index (χ0v) is 19.3. The highest BCUT2D eigenvalue weighted by Gasteiger charge is 2.16. The van der Waals surface area contributed by atoms with Crippen LogP contribution in [0.3, 0.4) is 0 Å². The highest BCUT2D eigenvalue weighted by molar-refractivity contribution is 7.99. The molecule has 6 nitrogen and oxygen atoms in total. The number of carbonyl (C=O) groups is 2. The van der Waals surface area contributed by atoms with E-state index >= 15 is 0 Å². The summed E-state index contributed by atoms with van der Waals surface area (Å²) in [6.45, 7) is 4.70. The average Bonchev–Trinajstić information content (AvgIpc) is 3.05. The first kappa shape index (κ1) is 22.7. The molecule has 0 atom stereocenters. The van der Waals surface area contributed by atoms with E-state index < -0.39 is 5.97 Å². The van der Waals surface area contributed by atoms with Gasteiger partial charge in [-0.15, -0.1) is 0 Å². The summed E-state index contributed by atoms with van der Waals surface area (Å²) in [6.07, 6.45) is 0. The number of imidazole rings is 1. The molecule has 2 aromatic carbocycles. The number of rotatable bonds is 7. The number of nitrogens with zero attached hydrogens (tertiary/aromatic N) is 2. The minimum absolute atomic E-state index is 0.101. The van der Waals surface area contributed by atoms with Crippen LogP contribution >= 0.6 is 46.6 Å². The molecule has 0 radical (unpaired) electrons. The van der Waals surface area contributed by atoms with Crippen molar-refractivity contribution < 1.29 is 14.3 Å². The number of hydrogen-bond acceptors (Lipinski definition) is 5. The van der Waals surface area contributed by atoms with Crippen molar-refractivity contribution >= 4 is 75.2 Å². The summed E-state index contributed by atoms with van der Waals surface area (Å²) in [5, 5.41) is 4.28. The van der Waals surface area contributed by atoms with Gasteiger partial charge in [0.1, 0.15) is 0 Å². The smallest absolute Gasteiger partial charge is 0.338 e. The normalized spacial score (nSPS) is 11.0. The number of carbonyl (C=O) groups excluding carboxylic acids is 2. The zero-order valence-electron chi connectivity index (χ0n) is 16.2. The fraction of sp³-hybridized carbons (Fsp3) is 0.250. The lowest BCUT2D eigenvalue weighted by Crippen LogP contribution is -2.15. The summed E-state index contributed by atoms with van der Waals surface area (Å²) in [4.78, 5) is 29.0. The van der Waals surface area contributed by atoms with Gasteiger partial charge in [-0.3, -0.25) is 4.79 Å². The Morgan fingerprint density at radius 1 is 1.13 bits per heavy atom. The molecule has 0 saturated carbocycles. The van der Waals surface area contributed by atoms with Crippen molar-refractivity contribution in [2.75, 3.05) is 17.7 Å². The van der Waals surface area contributed by atoms with E-state index in [9.17, 15) is 9.59 Å². The molecule has 1 amide bonds. The van der Waals surface area contributed by atoms with Crippen molar-refractivity contribution in [1.29, 1.82) is 0 Å². The van der Waals surface area contributed by atoms with E-state index in [2.05, 4.69) is 10.3 Å². The molecule has 0 fully saturated rings. The molecule has 0 aliphatic carbocycles. The molecule has 3 rings (SSSR count).